The number of rotatable bonds is 1. The summed E-state index contributed by atoms with van der Waals surface area (Å²) in [5.41, 5.74) is 0. The fourth-order valence-electron chi connectivity index (χ4n) is 1.26. The van der Waals surface area contributed by atoms with E-state index in [0.717, 1.165) is 0 Å². The molecule has 1 aliphatic rings. The average molecular weight is 192 g/mol. The number of aliphatic carboxylic acids is 1. The van der Waals surface area contributed by atoms with E-state index in [1.807, 2.05) is 0 Å². The molecule has 5 atom stereocenters. The van der Waals surface area contributed by atoms with Crippen molar-refractivity contribution in [2.45, 2.75) is 37.4 Å². The molecule has 4 N–H and O–H groups in total. The van der Waals surface area contributed by atoms with Gasteiger partial charge in [0.2, 0.25) is 0 Å². The van der Waals surface area contributed by atoms with Crippen molar-refractivity contribution >= 4 is 5.97 Å². The molecule has 1 saturated heterocycles. The highest BCUT2D eigenvalue weighted by atomic mass is 16.6. The average Bonchev–Trinajstić information content (AvgIpc) is 2.07. The molecule has 0 radical (unpaired) electrons. The molecule has 6 heteroatoms. The second-order valence-corrected chi connectivity index (χ2v) is 3.07. The maximum absolute atomic E-state index is 10.5. The largest absolute Gasteiger partial charge is 0.479 e. The first-order valence-corrected chi connectivity index (χ1v) is 3.87. The Hall–Kier alpha value is -0.690. The summed E-state index contributed by atoms with van der Waals surface area (Å²) in [6.07, 6.45) is -6.62. The van der Waals surface area contributed by atoms with Gasteiger partial charge in [-0.25, -0.2) is 4.79 Å². The van der Waals surface area contributed by atoms with Crippen molar-refractivity contribution in [1.82, 2.24) is 0 Å². The number of aliphatic hydroxyl groups is 3. The minimum Gasteiger partial charge on any atom is -0.479 e. The Morgan fingerprint density at radius 3 is 2.15 bits per heavy atom. The number of aliphatic hydroxyl groups excluding tert-OH is 3. The van der Waals surface area contributed by atoms with Gasteiger partial charge in [-0.15, -0.1) is 0 Å². The van der Waals surface area contributed by atoms with E-state index in [4.69, 9.17) is 9.84 Å². The molecule has 0 aliphatic carbocycles. The molecule has 0 amide bonds. The second kappa shape index (κ2) is 3.59. The lowest BCUT2D eigenvalue weighted by Crippen LogP contribution is -2.58. The topological polar surface area (TPSA) is 107 Å². The molecule has 0 aromatic heterocycles. The number of carboxylic acid groups (broad SMARTS) is 1. The van der Waals surface area contributed by atoms with Gasteiger partial charge in [0.15, 0.2) is 6.10 Å². The van der Waals surface area contributed by atoms with Crippen LogP contribution in [0.2, 0.25) is 0 Å². The highest BCUT2D eigenvalue weighted by Crippen LogP contribution is 2.20. The molecular formula is C7H12O6. The van der Waals surface area contributed by atoms with Crippen LogP contribution in [0, 0.1) is 0 Å². The summed E-state index contributed by atoms with van der Waals surface area (Å²) in [7, 11) is 0. The number of carbonyl (C=O) groups is 1. The summed E-state index contributed by atoms with van der Waals surface area (Å²) in [5, 5.41) is 36.1. The van der Waals surface area contributed by atoms with Gasteiger partial charge in [0, 0.05) is 0 Å². The van der Waals surface area contributed by atoms with Crippen molar-refractivity contribution in [1.29, 1.82) is 0 Å². The molecule has 13 heavy (non-hydrogen) atoms. The molecule has 0 spiro atoms. The third kappa shape index (κ3) is 1.80. The van der Waals surface area contributed by atoms with Crippen LogP contribution in [0.3, 0.4) is 0 Å². The second-order valence-electron chi connectivity index (χ2n) is 3.07. The van der Waals surface area contributed by atoms with E-state index in [1.165, 1.54) is 6.92 Å². The van der Waals surface area contributed by atoms with E-state index in [0.29, 0.717) is 0 Å². The van der Waals surface area contributed by atoms with E-state index in [1.54, 1.807) is 0 Å². The minimum atomic E-state index is -1.59. The van der Waals surface area contributed by atoms with Gasteiger partial charge in [-0.3, -0.25) is 0 Å². The number of hydrogen-bond acceptors (Lipinski definition) is 5. The number of hydrogen-bond donors (Lipinski definition) is 4. The number of carboxylic acids is 1. The maximum atomic E-state index is 10.5. The molecule has 1 aliphatic heterocycles. The SMILES string of the molecule is C[C@H]1OC(C(=O)O)C(O)C(O)C1O. The molecule has 1 rings (SSSR count). The van der Waals surface area contributed by atoms with Gasteiger partial charge in [-0.05, 0) is 6.92 Å². The van der Waals surface area contributed by atoms with Crippen LogP contribution in [-0.4, -0.2) is 56.9 Å². The highest BCUT2D eigenvalue weighted by Gasteiger charge is 2.44. The lowest BCUT2D eigenvalue weighted by atomic mass is 9.96. The molecule has 76 valence electrons. The summed E-state index contributed by atoms with van der Waals surface area (Å²) >= 11 is 0. The van der Waals surface area contributed by atoms with Crippen molar-refractivity contribution in [3.8, 4) is 0 Å². The van der Waals surface area contributed by atoms with Crippen molar-refractivity contribution in [2.75, 3.05) is 0 Å². The van der Waals surface area contributed by atoms with E-state index in [-0.39, 0.29) is 0 Å². The zero-order chi connectivity index (χ0) is 10.2. The van der Waals surface area contributed by atoms with Crippen LogP contribution >= 0.6 is 0 Å². The van der Waals surface area contributed by atoms with Crippen LogP contribution in [0.15, 0.2) is 0 Å². The van der Waals surface area contributed by atoms with E-state index < -0.39 is 36.5 Å². The lowest BCUT2D eigenvalue weighted by Gasteiger charge is -2.37. The normalized spacial score (nSPS) is 46.0. The first kappa shape index (κ1) is 10.4. The molecule has 4 unspecified atom stereocenters. The fourth-order valence-corrected chi connectivity index (χ4v) is 1.26. The zero-order valence-electron chi connectivity index (χ0n) is 6.99. The van der Waals surface area contributed by atoms with Crippen LogP contribution in [0.1, 0.15) is 6.92 Å². The standard InChI is InChI=1S/C7H12O6/c1-2-3(8)4(9)5(10)6(13-2)7(11)12/h2-6,8-10H,1H3,(H,11,12)/t2-,3?,4?,5?,6?/m1/s1. The van der Waals surface area contributed by atoms with E-state index in [9.17, 15) is 20.1 Å². The predicted molar refractivity (Wildman–Crippen MR) is 40.0 cm³/mol. The Morgan fingerprint density at radius 1 is 1.15 bits per heavy atom. The van der Waals surface area contributed by atoms with Crippen molar-refractivity contribution < 1.29 is 30.0 Å². The summed E-state index contributed by atoms with van der Waals surface area (Å²) in [6.45, 7) is 1.43. The third-order valence-electron chi connectivity index (χ3n) is 2.10. The van der Waals surface area contributed by atoms with Gasteiger partial charge in [-0.1, -0.05) is 0 Å². The highest BCUT2D eigenvalue weighted by molar-refractivity contribution is 5.73. The van der Waals surface area contributed by atoms with E-state index >= 15 is 0 Å². The zero-order valence-corrected chi connectivity index (χ0v) is 6.99. The van der Waals surface area contributed by atoms with Gasteiger partial charge in [0.1, 0.15) is 18.3 Å². The van der Waals surface area contributed by atoms with Gasteiger partial charge in [0.05, 0.1) is 6.10 Å². The molecule has 6 nitrogen and oxygen atoms in total. The molecule has 0 aromatic rings. The molecule has 0 saturated carbocycles. The molecule has 1 fully saturated rings. The first-order chi connectivity index (χ1) is 5.95. The predicted octanol–water partition coefficient (Wildman–Crippen LogP) is -2.06. The summed E-state index contributed by atoms with van der Waals surface area (Å²) in [6, 6.07) is 0. The summed E-state index contributed by atoms with van der Waals surface area (Å²) in [5.74, 6) is -1.36. The fraction of sp³-hybridized carbons (Fsp3) is 0.857. The van der Waals surface area contributed by atoms with Crippen molar-refractivity contribution in [2.24, 2.45) is 0 Å². The quantitative estimate of drug-likeness (QED) is 0.380. The van der Waals surface area contributed by atoms with Crippen LogP contribution in [0.4, 0.5) is 0 Å². The number of ether oxygens (including phenoxy) is 1. The first-order valence-electron chi connectivity index (χ1n) is 3.87. The molecule has 0 aromatic carbocycles. The van der Waals surface area contributed by atoms with Crippen LogP contribution < -0.4 is 0 Å². The minimum absolute atomic E-state index is 0.806. The Kier molecular flexibility index (Phi) is 2.87. The van der Waals surface area contributed by atoms with Crippen LogP contribution in [-0.2, 0) is 9.53 Å². The van der Waals surface area contributed by atoms with Gasteiger partial charge >= 0.3 is 5.97 Å². The van der Waals surface area contributed by atoms with E-state index in [2.05, 4.69) is 0 Å². The Labute approximate surface area is 74.4 Å². The smallest absolute Gasteiger partial charge is 0.335 e. The van der Waals surface area contributed by atoms with Crippen LogP contribution in [0.5, 0.6) is 0 Å². The summed E-state index contributed by atoms with van der Waals surface area (Å²) in [4.78, 5) is 10.5. The van der Waals surface area contributed by atoms with Gasteiger partial charge < -0.3 is 25.2 Å². The third-order valence-corrected chi connectivity index (χ3v) is 2.10. The van der Waals surface area contributed by atoms with Gasteiger partial charge in [0.25, 0.3) is 0 Å². The Morgan fingerprint density at radius 2 is 1.69 bits per heavy atom. The van der Waals surface area contributed by atoms with Crippen LogP contribution in [0.25, 0.3) is 0 Å². The van der Waals surface area contributed by atoms with Crippen molar-refractivity contribution in [3.63, 3.8) is 0 Å². The molecule has 1 heterocycles. The van der Waals surface area contributed by atoms with Gasteiger partial charge in [-0.2, -0.15) is 0 Å². The molecular weight excluding hydrogens is 180 g/mol. The summed E-state index contributed by atoms with van der Waals surface area (Å²) < 4.78 is 4.78. The Bertz CT molecular complexity index is 205. The monoisotopic (exact) mass is 192 g/mol. The Balaban J connectivity index is 2.76. The van der Waals surface area contributed by atoms with Crippen molar-refractivity contribution in [3.05, 3.63) is 0 Å². The molecule has 0 bridgehead atoms. The lowest BCUT2D eigenvalue weighted by molar-refractivity contribution is -0.223. The maximum Gasteiger partial charge on any atom is 0.335 e.